The smallest absolute Gasteiger partial charge is 0.338 e. The second-order valence-electron chi connectivity index (χ2n) is 6.01. The maximum absolute atomic E-state index is 12.6. The molecular weight excluding hydrogens is 338 g/mol. The molecule has 2 aromatic rings. The summed E-state index contributed by atoms with van der Waals surface area (Å²) in [5, 5.41) is 0. The summed E-state index contributed by atoms with van der Waals surface area (Å²) in [6.07, 6.45) is 2.37. The van der Waals surface area contributed by atoms with Crippen molar-refractivity contribution in [1.82, 2.24) is 4.31 Å². The first-order chi connectivity index (χ1) is 12.1. The third-order valence-electron chi connectivity index (χ3n) is 4.24. The van der Waals surface area contributed by atoms with Crippen molar-refractivity contribution in [3.8, 4) is 0 Å². The van der Waals surface area contributed by atoms with Gasteiger partial charge in [0.1, 0.15) is 0 Å². The first-order valence-corrected chi connectivity index (χ1v) is 9.83. The Morgan fingerprint density at radius 2 is 1.72 bits per heavy atom. The van der Waals surface area contributed by atoms with E-state index in [1.165, 1.54) is 16.4 Å². The van der Waals surface area contributed by atoms with Crippen molar-refractivity contribution in [2.24, 2.45) is 0 Å². The van der Waals surface area contributed by atoms with E-state index < -0.39 is 16.0 Å². The van der Waals surface area contributed by atoms with Crippen molar-refractivity contribution in [2.75, 3.05) is 19.7 Å². The zero-order valence-corrected chi connectivity index (χ0v) is 14.7. The second-order valence-corrected chi connectivity index (χ2v) is 7.95. The van der Waals surface area contributed by atoms with Gasteiger partial charge in [-0.25, -0.2) is 13.2 Å². The highest BCUT2D eigenvalue weighted by molar-refractivity contribution is 7.89. The minimum atomic E-state index is -3.53. The molecule has 0 saturated carbocycles. The Morgan fingerprint density at radius 3 is 2.44 bits per heavy atom. The monoisotopic (exact) mass is 359 g/mol. The standard InChI is InChI=1S/C19H21NO4S/c21-19(24-14-11-16-7-2-1-3-8-16)17-9-6-10-18(15-17)25(22,23)20-12-4-5-13-20/h1-3,6-10,15H,4-5,11-14H2. The molecule has 0 radical (unpaired) electrons. The maximum Gasteiger partial charge on any atom is 0.338 e. The van der Waals surface area contributed by atoms with E-state index in [0.717, 1.165) is 18.4 Å². The van der Waals surface area contributed by atoms with Crippen LogP contribution < -0.4 is 0 Å². The quantitative estimate of drug-likeness (QED) is 0.744. The summed E-state index contributed by atoms with van der Waals surface area (Å²) in [6.45, 7) is 1.33. The molecule has 0 aliphatic carbocycles. The van der Waals surface area contributed by atoms with E-state index in [0.29, 0.717) is 19.5 Å². The molecule has 0 N–H and O–H groups in total. The normalized spacial score (nSPS) is 15.2. The largest absolute Gasteiger partial charge is 0.462 e. The van der Waals surface area contributed by atoms with E-state index >= 15 is 0 Å². The van der Waals surface area contributed by atoms with Crippen LogP contribution in [0, 0.1) is 0 Å². The van der Waals surface area contributed by atoms with Gasteiger partial charge in [-0.05, 0) is 36.6 Å². The molecule has 2 aromatic carbocycles. The molecule has 0 aromatic heterocycles. The number of carbonyl (C=O) groups excluding carboxylic acids is 1. The molecule has 1 saturated heterocycles. The van der Waals surface area contributed by atoms with Crippen molar-refractivity contribution in [3.63, 3.8) is 0 Å². The zero-order valence-electron chi connectivity index (χ0n) is 13.9. The van der Waals surface area contributed by atoms with E-state index in [2.05, 4.69) is 0 Å². The van der Waals surface area contributed by atoms with E-state index in [4.69, 9.17) is 4.74 Å². The molecule has 132 valence electrons. The molecule has 1 fully saturated rings. The summed E-state index contributed by atoms with van der Waals surface area (Å²) in [7, 11) is -3.53. The summed E-state index contributed by atoms with van der Waals surface area (Å²) in [5.41, 5.74) is 1.34. The van der Waals surface area contributed by atoms with Gasteiger partial charge < -0.3 is 4.74 Å². The molecule has 3 rings (SSSR count). The predicted octanol–water partition coefficient (Wildman–Crippen LogP) is 2.87. The molecule has 6 heteroatoms. The van der Waals surface area contributed by atoms with Crippen LogP contribution in [0.15, 0.2) is 59.5 Å². The Balaban J connectivity index is 1.65. The fourth-order valence-corrected chi connectivity index (χ4v) is 4.41. The fraction of sp³-hybridized carbons (Fsp3) is 0.316. The van der Waals surface area contributed by atoms with Gasteiger partial charge in [-0.2, -0.15) is 4.31 Å². The molecule has 25 heavy (non-hydrogen) atoms. The Kier molecular flexibility index (Phi) is 5.50. The van der Waals surface area contributed by atoms with E-state index in [-0.39, 0.29) is 17.1 Å². The predicted molar refractivity (Wildman–Crippen MR) is 94.9 cm³/mol. The average Bonchev–Trinajstić information content (AvgIpc) is 3.18. The number of sulfonamides is 1. The number of hydrogen-bond donors (Lipinski definition) is 0. The van der Waals surface area contributed by atoms with Crippen LogP contribution in [0.4, 0.5) is 0 Å². The van der Waals surface area contributed by atoms with Crippen LogP contribution in [-0.4, -0.2) is 38.4 Å². The number of hydrogen-bond acceptors (Lipinski definition) is 4. The number of ether oxygens (including phenoxy) is 1. The third kappa shape index (κ3) is 4.27. The molecule has 5 nitrogen and oxygen atoms in total. The summed E-state index contributed by atoms with van der Waals surface area (Å²) < 4.78 is 31.9. The van der Waals surface area contributed by atoms with Gasteiger partial charge in [0.05, 0.1) is 17.1 Å². The number of esters is 1. The lowest BCUT2D eigenvalue weighted by atomic mass is 10.2. The molecule has 1 heterocycles. The Morgan fingerprint density at radius 1 is 1.00 bits per heavy atom. The summed E-state index contributed by atoms with van der Waals surface area (Å²) in [5.74, 6) is -0.505. The highest BCUT2D eigenvalue weighted by atomic mass is 32.2. The summed E-state index contributed by atoms with van der Waals surface area (Å²) >= 11 is 0. The lowest BCUT2D eigenvalue weighted by molar-refractivity contribution is 0.0509. The first kappa shape index (κ1) is 17.6. The molecule has 0 amide bonds. The molecular formula is C19H21NO4S. The lowest BCUT2D eigenvalue weighted by Crippen LogP contribution is -2.28. The number of benzene rings is 2. The highest BCUT2D eigenvalue weighted by Gasteiger charge is 2.27. The van der Waals surface area contributed by atoms with Gasteiger partial charge in [0, 0.05) is 19.5 Å². The molecule has 0 unspecified atom stereocenters. The van der Waals surface area contributed by atoms with Crippen molar-refractivity contribution < 1.29 is 17.9 Å². The maximum atomic E-state index is 12.6. The molecule has 0 atom stereocenters. The third-order valence-corrected chi connectivity index (χ3v) is 6.13. The van der Waals surface area contributed by atoms with Gasteiger partial charge in [0.25, 0.3) is 0 Å². The fourth-order valence-electron chi connectivity index (χ4n) is 2.85. The Labute approximate surface area is 148 Å². The molecule has 1 aliphatic rings. The highest BCUT2D eigenvalue weighted by Crippen LogP contribution is 2.21. The van der Waals surface area contributed by atoms with E-state index in [1.54, 1.807) is 12.1 Å². The zero-order chi connectivity index (χ0) is 17.7. The lowest BCUT2D eigenvalue weighted by Gasteiger charge is -2.15. The van der Waals surface area contributed by atoms with Crippen LogP contribution in [0.25, 0.3) is 0 Å². The topological polar surface area (TPSA) is 63.7 Å². The molecule has 0 spiro atoms. The van der Waals surface area contributed by atoms with Crippen LogP contribution in [0.5, 0.6) is 0 Å². The molecule has 0 bridgehead atoms. The Bertz CT molecular complexity index is 828. The minimum absolute atomic E-state index is 0.145. The van der Waals surface area contributed by atoms with Crippen LogP contribution in [-0.2, 0) is 21.2 Å². The van der Waals surface area contributed by atoms with Crippen LogP contribution in [0.2, 0.25) is 0 Å². The second kappa shape index (κ2) is 7.80. The summed E-state index contributed by atoms with van der Waals surface area (Å²) in [6, 6.07) is 15.8. The van der Waals surface area contributed by atoms with Gasteiger partial charge >= 0.3 is 5.97 Å². The van der Waals surface area contributed by atoms with Crippen LogP contribution >= 0.6 is 0 Å². The first-order valence-electron chi connectivity index (χ1n) is 8.39. The summed E-state index contributed by atoms with van der Waals surface area (Å²) in [4.78, 5) is 12.3. The average molecular weight is 359 g/mol. The van der Waals surface area contributed by atoms with Gasteiger partial charge in [-0.15, -0.1) is 0 Å². The van der Waals surface area contributed by atoms with E-state index in [1.807, 2.05) is 30.3 Å². The number of rotatable bonds is 6. The van der Waals surface area contributed by atoms with E-state index in [9.17, 15) is 13.2 Å². The molecule has 1 aliphatic heterocycles. The van der Waals surface area contributed by atoms with Crippen molar-refractivity contribution in [2.45, 2.75) is 24.2 Å². The van der Waals surface area contributed by atoms with Gasteiger partial charge in [0.2, 0.25) is 10.0 Å². The van der Waals surface area contributed by atoms with Crippen LogP contribution in [0.3, 0.4) is 0 Å². The van der Waals surface area contributed by atoms with Crippen molar-refractivity contribution in [3.05, 3.63) is 65.7 Å². The SMILES string of the molecule is O=C(OCCc1ccccc1)c1cccc(S(=O)(=O)N2CCCC2)c1. The van der Waals surface area contributed by atoms with Gasteiger partial charge in [0.15, 0.2) is 0 Å². The van der Waals surface area contributed by atoms with Crippen molar-refractivity contribution >= 4 is 16.0 Å². The van der Waals surface area contributed by atoms with Crippen molar-refractivity contribution in [1.29, 1.82) is 0 Å². The van der Waals surface area contributed by atoms with Gasteiger partial charge in [-0.1, -0.05) is 36.4 Å². The Hall–Kier alpha value is -2.18. The number of carbonyl (C=O) groups is 1. The minimum Gasteiger partial charge on any atom is -0.462 e. The van der Waals surface area contributed by atoms with Crippen LogP contribution in [0.1, 0.15) is 28.8 Å². The number of nitrogens with zero attached hydrogens (tertiary/aromatic N) is 1. The van der Waals surface area contributed by atoms with Gasteiger partial charge in [-0.3, -0.25) is 0 Å².